The third-order valence-corrected chi connectivity index (χ3v) is 5.07. The number of carbonyl (C=O) groups excluding carboxylic acids is 1. The van der Waals surface area contributed by atoms with Crippen LogP contribution < -0.4 is 5.43 Å². The fraction of sp³-hybridized carbons (Fsp3) is 0.273. The molecule has 0 atom stereocenters. The Morgan fingerprint density at radius 1 is 1.00 bits per heavy atom. The van der Waals surface area contributed by atoms with Gasteiger partial charge in [0.15, 0.2) is 0 Å². The van der Waals surface area contributed by atoms with Crippen LogP contribution in [0.3, 0.4) is 0 Å². The standard InChI is InChI=1S/C22H24N4O/c1-16-7-9-17(10-8-16)21-15-19(18-5-3-4-6-20(18)23-21)22(27)24-26-13-11-25(2)12-14-26/h3-10,15H,11-14H2,1-2H3,(H,24,27). The van der Waals surface area contributed by atoms with Gasteiger partial charge in [0, 0.05) is 37.1 Å². The quantitative estimate of drug-likeness (QED) is 0.780. The average molecular weight is 360 g/mol. The summed E-state index contributed by atoms with van der Waals surface area (Å²) in [6.07, 6.45) is 0. The Balaban J connectivity index is 1.70. The van der Waals surface area contributed by atoms with Crippen molar-refractivity contribution < 1.29 is 4.79 Å². The fourth-order valence-corrected chi connectivity index (χ4v) is 3.36. The maximum atomic E-state index is 13.1. The van der Waals surface area contributed by atoms with Crippen LogP contribution >= 0.6 is 0 Å². The molecule has 1 amide bonds. The van der Waals surface area contributed by atoms with Gasteiger partial charge in [0.1, 0.15) is 0 Å². The maximum Gasteiger partial charge on any atom is 0.266 e. The van der Waals surface area contributed by atoms with Gasteiger partial charge in [0.05, 0.1) is 16.8 Å². The zero-order valence-corrected chi connectivity index (χ0v) is 15.8. The van der Waals surface area contributed by atoms with Crippen LogP contribution in [0.4, 0.5) is 0 Å². The van der Waals surface area contributed by atoms with E-state index in [-0.39, 0.29) is 5.91 Å². The minimum atomic E-state index is -0.0773. The van der Waals surface area contributed by atoms with Gasteiger partial charge in [0.2, 0.25) is 0 Å². The van der Waals surface area contributed by atoms with E-state index in [9.17, 15) is 4.79 Å². The molecule has 1 saturated heterocycles. The lowest BCUT2D eigenvalue weighted by molar-refractivity contribution is 0.0664. The van der Waals surface area contributed by atoms with E-state index < -0.39 is 0 Å². The molecule has 0 saturated carbocycles. The number of nitrogens with zero attached hydrogens (tertiary/aromatic N) is 3. The van der Waals surface area contributed by atoms with E-state index in [1.165, 1.54) is 5.56 Å². The SMILES string of the molecule is Cc1ccc(-c2cc(C(=O)NN3CCN(C)CC3)c3ccccc3n2)cc1. The summed E-state index contributed by atoms with van der Waals surface area (Å²) in [4.78, 5) is 20.1. The number of nitrogens with one attached hydrogen (secondary N) is 1. The number of hydrogen-bond acceptors (Lipinski definition) is 4. The number of aromatic nitrogens is 1. The number of benzene rings is 2. The molecule has 0 spiro atoms. The second-order valence-corrected chi connectivity index (χ2v) is 7.17. The van der Waals surface area contributed by atoms with Crippen molar-refractivity contribution in [3.8, 4) is 11.3 Å². The van der Waals surface area contributed by atoms with Crippen LogP contribution in [0.25, 0.3) is 22.2 Å². The number of rotatable bonds is 3. The Labute approximate surface area is 159 Å². The maximum absolute atomic E-state index is 13.1. The van der Waals surface area contributed by atoms with Crippen LogP contribution in [-0.4, -0.2) is 54.0 Å². The number of hydrogen-bond donors (Lipinski definition) is 1. The van der Waals surface area contributed by atoms with Gasteiger partial charge in [-0.3, -0.25) is 10.2 Å². The van der Waals surface area contributed by atoms with Gasteiger partial charge in [-0.2, -0.15) is 0 Å². The van der Waals surface area contributed by atoms with Gasteiger partial charge in [-0.05, 0) is 26.1 Å². The molecular weight excluding hydrogens is 336 g/mol. The predicted molar refractivity (Wildman–Crippen MR) is 108 cm³/mol. The Morgan fingerprint density at radius 2 is 1.70 bits per heavy atom. The first-order chi connectivity index (χ1) is 13.1. The van der Waals surface area contributed by atoms with Crippen molar-refractivity contribution in [2.75, 3.05) is 33.2 Å². The van der Waals surface area contributed by atoms with Gasteiger partial charge in [-0.25, -0.2) is 9.99 Å². The van der Waals surface area contributed by atoms with E-state index in [1.54, 1.807) is 0 Å². The third kappa shape index (κ3) is 3.84. The molecule has 0 bridgehead atoms. The minimum absolute atomic E-state index is 0.0773. The first-order valence-corrected chi connectivity index (χ1v) is 9.31. The van der Waals surface area contributed by atoms with E-state index in [0.717, 1.165) is 48.3 Å². The number of hydrazine groups is 1. The molecular formula is C22H24N4O. The summed E-state index contributed by atoms with van der Waals surface area (Å²) >= 11 is 0. The van der Waals surface area contributed by atoms with Gasteiger partial charge in [-0.1, -0.05) is 48.0 Å². The molecule has 5 nitrogen and oxygen atoms in total. The van der Waals surface area contributed by atoms with E-state index in [0.29, 0.717) is 5.56 Å². The highest BCUT2D eigenvalue weighted by molar-refractivity contribution is 6.07. The second-order valence-electron chi connectivity index (χ2n) is 7.17. The molecule has 138 valence electrons. The highest BCUT2D eigenvalue weighted by Crippen LogP contribution is 2.25. The number of piperazine rings is 1. The zero-order valence-electron chi connectivity index (χ0n) is 15.8. The summed E-state index contributed by atoms with van der Waals surface area (Å²) in [5.41, 5.74) is 7.60. The lowest BCUT2D eigenvalue weighted by Crippen LogP contribution is -2.52. The Morgan fingerprint density at radius 3 is 2.44 bits per heavy atom. The number of carbonyl (C=O) groups is 1. The summed E-state index contributed by atoms with van der Waals surface area (Å²) in [5, 5.41) is 2.88. The molecule has 27 heavy (non-hydrogen) atoms. The van der Waals surface area contributed by atoms with Crippen LogP contribution in [0.2, 0.25) is 0 Å². The van der Waals surface area contributed by atoms with Crippen LogP contribution in [0.1, 0.15) is 15.9 Å². The van der Waals surface area contributed by atoms with Crippen molar-refractivity contribution in [3.63, 3.8) is 0 Å². The molecule has 3 aromatic rings. The summed E-state index contributed by atoms with van der Waals surface area (Å²) in [5.74, 6) is -0.0773. The molecule has 2 aromatic carbocycles. The van der Waals surface area contributed by atoms with Crippen molar-refractivity contribution >= 4 is 16.8 Å². The molecule has 2 heterocycles. The van der Waals surface area contributed by atoms with Crippen LogP contribution in [-0.2, 0) is 0 Å². The van der Waals surface area contributed by atoms with Gasteiger partial charge >= 0.3 is 0 Å². The summed E-state index contributed by atoms with van der Waals surface area (Å²) in [6, 6.07) is 18.0. The molecule has 1 aromatic heterocycles. The molecule has 0 radical (unpaired) electrons. The lowest BCUT2D eigenvalue weighted by Gasteiger charge is -2.32. The van der Waals surface area contributed by atoms with Crippen LogP contribution in [0.15, 0.2) is 54.6 Å². The van der Waals surface area contributed by atoms with Crippen LogP contribution in [0, 0.1) is 6.92 Å². The third-order valence-electron chi connectivity index (χ3n) is 5.07. The van der Waals surface area contributed by atoms with E-state index in [2.05, 4.69) is 48.6 Å². The number of para-hydroxylation sites is 1. The molecule has 1 fully saturated rings. The van der Waals surface area contributed by atoms with Crippen molar-refractivity contribution in [2.45, 2.75) is 6.92 Å². The molecule has 1 aliphatic rings. The van der Waals surface area contributed by atoms with E-state index in [1.807, 2.05) is 35.3 Å². The first kappa shape index (κ1) is 17.6. The highest BCUT2D eigenvalue weighted by atomic mass is 16.2. The van der Waals surface area contributed by atoms with E-state index in [4.69, 9.17) is 4.98 Å². The average Bonchev–Trinajstić information content (AvgIpc) is 2.69. The number of aryl methyl sites for hydroxylation is 1. The van der Waals surface area contributed by atoms with Crippen molar-refractivity contribution in [1.82, 2.24) is 20.3 Å². The first-order valence-electron chi connectivity index (χ1n) is 9.31. The van der Waals surface area contributed by atoms with Crippen LogP contribution in [0.5, 0.6) is 0 Å². The van der Waals surface area contributed by atoms with E-state index >= 15 is 0 Å². The zero-order chi connectivity index (χ0) is 18.8. The predicted octanol–water partition coefficient (Wildman–Crippen LogP) is 3.10. The highest BCUT2D eigenvalue weighted by Gasteiger charge is 2.19. The lowest BCUT2D eigenvalue weighted by atomic mass is 10.0. The fourth-order valence-electron chi connectivity index (χ4n) is 3.36. The largest absolute Gasteiger partial charge is 0.304 e. The van der Waals surface area contributed by atoms with Crippen molar-refractivity contribution in [2.24, 2.45) is 0 Å². The number of amides is 1. The van der Waals surface area contributed by atoms with Gasteiger partial charge in [-0.15, -0.1) is 0 Å². The molecule has 5 heteroatoms. The van der Waals surface area contributed by atoms with Crippen molar-refractivity contribution in [3.05, 3.63) is 65.7 Å². The molecule has 1 N–H and O–H groups in total. The molecule has 1 aliphatic heterocycles. The molecule has 0 aliphatic carbocycles. The normalized spacial score (nSPS) is 15.8. The van der Waals surface area contributed by atoms with Gasteiger partial charge < -0.3 is 4.90 Å². The number of pyridine rings is 1. The number of fused-ring (bicyclic) bond motifs is 1. The second kappa shape index (κ2) is 7.47. The summed E-state index contributed by atoms with van der Waals surface area (Å²) in [6.45, 7) is 5.62. The molecule has 0 unspecified atom stereocenters. The summed E-state index contributed by atoms with van der Waals surface area (Å²) < 4.78 is 0. The topological polar surface area (TPSA) is 48.5 Å². The monoisotopic (exact) mass is 360 g/mol. The Kier molecular flexibility index (Phi) is 4.88. The van der Waals surface area contributed by atoms with Crippen molar-refractivity contribution in [1.29, 1.82) is 0 Å². The number of likely N-dealkylation sites (N-methyl/N-ethyl adjacent to an activating group) is 1. The Bertz CT molecular complexity index is 960. The summed E-state index contributed by atoms with van der Waals surface area (Å²) in [7, 11) is 2.10. The smallest absolute Gasteiger partial charge is 0.266 e. The Hall–Kier alpha value is -2.76. The minimum Gasteiger partial charge on any atom is -0.304 e. The van der Waals surface area contributed by atoms with Gasteiger partial charge in [0.25, 0.3) is 5.91 Å². The molecule has 4 rings (SSSR count).